The number of benzene rings is 2. The second kappa shape index (κ2) is 6.64. The Morgan fingerprint density at radius 3 is 2.59 bits per heavy atom. The molecule has 22 heavy (non-hydrogen) atoms. The average Bonchev–Trinajstić information content (AvgIpc) is 2.49. The molecular weight excluding hydrogens is 286 g/mol. The zero-order valence-electron chi connectivity index (χ0n) is 11.7. The van der Waals surface area contributed by atoms with Gasteiger partial charge in [-0.25, -0.2) is 8.78 Å². The molecule has 0 spiro atoms. The molecule has 2 aromatic rings. The van der Waals surface area contributed by atoms with Gasteiger partial charge < -0.3 is 5.32 Å². The molecule has 2 rings (SSSR count). The second-order valence-corrected chi connectivity index (χ2v) is 4.60. The summed E-state index contributed by atoms with van der Waals surface area (Å²) in [4.78, 5) is 12.0. The smallest absolute Gasteiger partial charge is 0.266 e. The second-order valence-electron chi connectivity index (χ2n) is 4.60. The number of hydrogen-bond acceptors (Lipinski definition) is 2. The van der Waals surface area contributed by atoms with E-state index in [2.05, 4.69) is 5.32 Å². The summed E-state index contributed by atoms with van der Waals surface area (Å²) in [6.45, 7) is 1.85. The summed E-state index contributed by atoms with van der Waals surface area (Å²) in [5.41, 5.74) is 1.26. The molecule has 2 aromatic carbocycles. The van der Waals surface area contributed by atoms with Crippen LogP contribution in [0.1, 0.15) is 11.1 Å². The third-order valence-electron chi connectivity index (χ3n) is 3.03. The van der Waals surface area contributed by atoms with Crippen LogP contribution in [0.15, 0.2) is 48.0 Å². The first-order valence-electron chi connectivity index (χ1n) is 6.45. The first kappa shape index (κ1) is 15.4. The number of aryl methyl sites for hydroxylation is 1. The van der Waals surface area contributed by atoms with Gasteiger partial charge in [-0.1, -0.05) is 24.3 Å². The van der Waals surface area contributed by atoms with Gasteiger partial charge in [-0.05, 0) is 36.3 Å². The quantitative estimate of drug-likeness (QED) is 0.692. The van der Waals surface area contributed by atoms with Crippen molar-refractivity contribution in [3.05, 3.63) is 70.8 Å². The molecular formula is C17H12F2N2O. The summed E-state index contributed by atoms with van der Waals surface area (Å²) < 4.78 is 26.3. The molecule has 0 fully saturated rings. The number of carbonyl (C=O) groups is 1. The maximum Gasteiger partial charge on any atom is 0.266 e. The highest BCUT2D eigenvalue weighted by atomic mass is 19.1. The first-order valence-corrected chi connectivity index (χ1v) is 6.45. The van der Waals surface area contributed by atoms with E-state index in [1.54, 1.807) is 18.2 Å². The van der Waals surface area contributed by atoms with Gasteiger partial charge >= 0.3 is 0 Å². The Balaban J connectivity index is 2.27. The predicted molar refractivity (Wildman–Crippen MR) is 79.8 cm³/mol. The molecule has 0 radical (unpaired) electrons. The zero-order valence-corrected chi connectivity index (χ0v) is 11.7. The number of carbonyl (C=O) groups excluding carboxylic acids is 1. The van der Waals surface area contributed by atoms with Gasteiger partial charge in [0, 0.05) is 6.07 Å². The summed E-state index contributed by atoms with van der Waals surface area (Å²) in [6.07, 6.45) is 1.42. The van der Waals surface area contributed by atoms with Gasteiger partial charge in [-0.2, -0.15) is 5.26 Å². The molecule has 0 aromatic heterocycles. The number of nitriles is 1. The number of anilines is 1. The summed E-state index contributed by atoms with van der Waals surface area (Å²) in [5.74, 6) is -2.40. The van der Waals surface area contributed by atoms with Crippen LogP contribution in [0, 0.1) is 29.9 Å². The standard InChI is InChI=1S/C17H12F2N2O/c1-11-4-2-3-5-12(11)8-13(10-20)17(22)21-16-7-6-14(18)9-15(16)19/h2-9H,1H3,(H,21,22)/b13-8+. The van der Waals surface area contributed by atoms with Gasteiger partial charge in [0.2, 0.25) is 0 Å². The van der Waals surface area contributed by atoms with E-state index in [1.807, 2.05) is 19.1 Å². The molecule has 0 saturated carbocycles. The van der Waals surface area contributed by atoms with Crippen molar-refractivity contribution in [2.24, 2.45) is 0 Å². The van der Waals surface area contributed by atoms with Crippen LogP contribution in [0.25, 0.3) is 6.08 Å². The minimum absolute atomic E-state index is 0.168. The highest BCUT2D eigenvalue weighted by molar-refractivity contribution is 6.09. The molecule has 0 aliphatic rings. The lowest BCUT2D eigenvalue weighted by Gasteiger charge is -2.06. The number of hydrogen-bond donors (Lipinski definition) is 1. The largest absolute Gasteiger partial charge is 0.319 e. The van der Waals surface area contributed by atoms with Crippen molar-refractivity contribution in [1.29, 1.82) is 5.26 Å². The van der Waals surface area contributed by atoms with E-state index < -0.39 is 17.5 Å². The van der Waals surface area contributed by atoms with Gasteiger partial charge in [0.15, 0.2) is 0 Å². The topological polar surface area (TPSA) is 52.9 Å². The van der Waals surface area contributed by atoms with Crippen LogP contribution in [0.2, 0.25) is 0 Å². The molecule has 0 saturated heterocycles. The Labute approximate surface area is 126 Å². The molecule has 0 atom stereocenters. The van der Waals surface area contributed by atoms with Gasteiger partial charge in [0.25, 0.3) is 5.91 Å². The summed E-state index contributed by atoms with van der Waals surface area (Å²) >= 11 is 0. The van der Waals surface area contributed by atoms with E-state index in [1.165, 1.54) is 6.08 Å². The molecule has 0 heterocycles. The van der Waals surface area contributed by atoms with Crippen molar-refractivity contribution in [2.45, 2.75) is 6.92 Å². The Hall–Kier alpha value is -3.00. The maximum atomic E-state index is 13.5. The lowest BCUT2D eigenvalue weighted by atomic mass is 10.1. The zero-order chi connectivity index (χ0) is 16.1. The number of nitrogens with one attached hydrogen (secondary N) is 1. The molecule has 5 heteroatoms. The van der Waals surface area contributed by atoms with Crippen LogP contribution in [0.5, 0.6) is 0 Å². The minimum atomic E-state index is -0.901. The van der Waals surface area contributed by atoms with E-state index in [0.29, 0.717) is 11.6 Å². The van der Waals surface area contributed by atoms with E-state index in [-0.39, 0.29) is 11.3 Å². The molecule has 3 nitrogen and oxygen atoms in total. The molecule has 0 aliphatic carbocycles. The Kier molecular flexibility index (Phi) is 4.64. The van der Waals surface area contributed by atoms with Crippen LogP contribution in [0.4, 0.5) is 14.5 Å². The normalized spacial score (nSPS) is 10.9. The van der Waals surface area contributed by atoms with E-state index >= 15 is 0 Å². The van der Waals surface area contributed by atoms with Gasteiger partial charge in [0.1, 0.15) is 23.3 Å². The molecule has 0 unspecified atom stereocenters. The molecule has 110 valence electrons. The fourth-order valence-electron chi connectivity index (χ4n) is 1.83. The van der Waals surface area contributed by atoms with Crippen molar-refractivity contribution in [2.75, 3.05) is 5.32 Å². The Morgan fingerprint density at radius 2 is 1.95 bits per heavy atom. The molecule has 1 N–H and O–H groups in total. The number of halogens is 2. The summed E-state index contributed by atoms with van der Waals surface area (Å²) in [5, 5.41) is 11.4. The predicted octanol–water partition coefficient (Wildman–Crippen LogP) is 3.82. The van der Waals surface area contributed by atoms with Crippen LogP contribution in [0.3, 0.4) is 0 Å². The third kappa shape index (κ3) is 3.55. The van der Waals surface area contributed by atoms with Crippen LogP contribution in [-0.4, -0.2) is 5.91 Å². The lowest BCUT2D eigenvalue weighted by Crippen LogP contribution is -2.14. The fourth-order valence-corrected chi connectivity index (χ4v) is 1.83. The average molecular weight is 298 g/mol. The Morgan fingerprint density at radius 1 is 1.23 bits per heavy atom. The molecule has 0 aliphatic heterocycles. The lowest BCUT2D eigenvalue weighted by molar-refractivity contribution is -0.112. The number of nitrogens with zero attached hydrogens (tertiary/aromatic N) is 1. The molecule has 1 amide bonds. The SMILES string of the molecule is Cc1ccccc1/C=C(\C#N)C(=O)Nc1ccc(F)cc1F. The van der Waals surface area contributed by atoms with Crippen molar-refractivity contribution < 1.29 is 13.6 Å². The van der Waals surface area contributed by atoms with Gasteiger partial charge in [-0.3, -0.25) is 4.79 Å². The Bertz CT molecular complexity index is 791. The van der Waals surface area contributed by atoms with Gasteiger partial charge in [-0.15, -0.1) is 0 Å². The van der Waals surface area contributed by atoms with Crippen LogP contribution >= 0.6 is 0 Å². The van der Waals surface area contributed by atoms with E-state index in [9.17, 15) is 13.6 Å². The van der Waals surface area contributed by atoms with Crippen molar-refractivity contribution in [3.63, 3.8) is 0 Å². The first-order chi connectivity index (χ1) is 10.5. The third-order valence-corrected chi connectivity index (χ3v) is 3.03. The highest BCUT2D eigenvalue weighted by Gasteiger charge is 2.13. The fraction of sp³-hybridized carbons (Fsp3) is 0.0588. The van der Waals surface area contributed by atoms with E-state index in [0.717, 1.165) is 17.7 Å². The van der Waals surface area contributed by atoms with Crippen molar-refractivity contribution in [3.8, 4) is 6.07 Å². The van der Waals surface area contributed by atoms with Gasteiger partial charge in [0.05, 0.1) is 5.69 Å². The number of amides is 1. The summed E-state index contributed by atoms with van der Waals surface area (Å²) in [7, 11) is 0. The monoisotopic (exact) mass is 298 g/mol. The van der Waals surface area contributed by atoms with Crippen molar-refractivity contribution in [1.82, 2.24) is 0 Å². The van der Waals surface area contributed by atoms with E-state index in [4.69, 9.17) is 5.26 Å². The highest BCUT2D eigenvalue weighted by Crippen LogP contribution is 2.17. The van der Waals surface area contributed by atoms with Crippen LogP contribution < -0.4 is 5.32 Å². The number of rotatable bonds is 3. The van der Waals surface area contributed by atoms with Crippen molar-refractivity contribution >= 4 is 17.7 Å². The maximum absolute atomic E-state index is 13.5. The molecule has 0 bridgehead atoms. The minimum Gasteiger partial charge on any atom is -0.319 e. The van der Waals surface area contributed by atoms with Crippen LogP contribution in [-0.2, 0) is 4.79 Å². The summed E-state index contributed by atoms with van der Waals surface area (Å²) in [6, 6.07) is 11.8.